The predicted octanol–water partition coefficient (Wildman–Crippen LogP) is 3.64. The molecule has 1 aliphatic rings. The Hall–Kier alpha value is -3.06. The number of amides is 1. The summed E-state index contributed by atoms with van der Waals surface area (Å²) >= 11 is 0. The molecular weight excluding hydrogens is 358 g/mol. The van der Waals surface area contributed by atoms with Crippen molar-refractivity contribution in [3.63, 3.8) is 0 Å². The number of ether oxygens (including phenoxy) is 2. The van der Waals surface area contributed by atoms with Crippen molar-refractivity contribution >= 4 is 11.7 Å². The molecule has 1 saturated heterocycles. The van der Waals surface area contributed by atoms with E-state index in [4.69, 9.17) is 13.9 Å². The third kappa shape index (κ3) is 4.43. The minimum absolute atomic E-state index is 0.136. The highest BCUT2D eigenvalue weighted by molar-refractivity contribution is 6.04. The van der Waals surface area contributed by atoms with Gasteiger partial charge in [-0.1, -0.05) is 6.07 Å². The third-order valence-corrected chi connectivity index (χ3v) is 4.62. The predicted molar refractivity (Wildman–Crippen MR) is 104 cm³/mol. The lowest BCUT2D eigenvalue weighted by Gasteiger charge is -2.12. The van der Waals surface area contributed by atoms with Crippen LogP contribution in [0.4, 0.5) is 5.82 Å². The van der Waals surface area contributed by atoms with Crippen molar-refractivity contribution < 1.29 is 18.7 Å². The Kier molecular flexibility index (Phi) is 5.43. The van der Waals surface area contributed by atoms with E-state index < -0.39 is 0 Å². The van der Waals surface area contributed by atoms with E-state index in [9.17, 15) is 4.79 Å². The fourth-order valence-electron chi connectivity index (χ4n) is 3.16. The van der Waals surface area contributed by atoms with Crippen molar-refractivity contribution in [3.05, 3.63) is 65.7 Å². The highest BCUT2D eigenvalue weighted by Crippen LogP contribution is 2.19. The number of nitrogens with zero attached hydrogens (tertiary/aromatic N) is 2. The second-order valence-electron chi connectivity index (χ2n) is 6.81. The summed E-state index contributed by atoms with van der Waals surface area (Å²) in [4.78, 5) is 12.7. The van der Waals surface area contributed by atoms with Crippen molar-refractivity contribution in [1.29, 1.82) is 0 Å². The highest BCUT2D eigenvalue weighted by Gasteiger charge is 2.17. The average molecular weight is 381 g/mol. The van der Waals surface area contributed by atoms with Crippen LogP contribution < -0.4 is 10.1 Å². The van der Waals surface area contributed by atoms with Crippen molar-refractivity contribution in [1.82, 2.24) is 9.78 Å². The fraction of sp³-hybridized carbons (Fsp3) is 0.333. The summed E-state index contributed by atoms with van der Waals surface area (Å²) in [6.45, 7) is 3.63. The molecule has 0 radical (unpaired) electrons. The van der Waals surface area contributed by atoms with Gasteiger partial charge in [0.25, 0.3) is 5.91 Å². The largest absolute Gasteiger partial charge is 0.491 e. The van der Waals surface area contributed by atoms with Crippen LogP contribution in [0.25, 0.3) is 0 Å². The first-order valence-corrected chi connectivity index (χ1v) is 9.40. The van der Waals surface area contributed by atoms with Crippen LogP contribution in [0.15, 0.2) is 53.1 Å². The number of hydrogen-bond donors (Lipinski definition) is 1. The Labute approximate surface area is 163 Å². The number of anilines is 1. The first kappa shape index (κ1) is 18.3. The summed E-state index contributed by atoms with van der Waals surface area (Å²) in [5, 5.41) is 7.16. The molecular formula is C21H23N3O4. The van der Waals surface area contributed by atoms with Gasteiger partial charge in [-0.3, -0.25) is 4.79 Å². The number of nitrogens with one attached hydrogen (secondary N) is 1. The molecule has 3 aromatic rings. The molecule has 7 nitrogen and oxygen atoms in total. The molecule has 1 atom stereocenters. The second kappa shape index (κ2) is 8.31. The molecule has 1 fully saturated rings. The van der Waals surface area contributed by atoms with E-state index in [-0.39, 0.29) is 12.0 Å². The number of carbonyl (C=O) groups excluding carboxylic acids is 1. The zero-order valence-corrected chi connectivity index (χ0v) is 15.8. The molecule has 1 unspecified atom stereocenters. The Bertz CT molecular complexity index is 941. The first-order valence-electron chi connectivity index (χ1n) is 9.40. The van der Waals surface area contributed by atoms with E-state index >= 15 is 0 Å². The molecule has 7 heteroatoms. The zero-order chi connectivity index (χ0) is 19.3. The topological polar surface area (TPSA) is 78.5 Å². The van der Waals surface area contributed by atoms with Gasteiger partial charge in [0.1, 0.15) is 36.2 Å². The van der Waals surface area contributed by atoms with Gasteiger partial charge in [-0.15, -0.1) is 0 Å². The number of aromatic nitrogens is 2. The number of rotatable bonds is 7. The van der Waals surface area contributed by atoms with Gasteiger partial charge in [-0.2, -0.15) is 5.10 Å². The summed E-state index contributed by atoms with van der Waals surface area (Å²) in [5.41, 5.74) is 0.520. The lowest BCUT2D eigenvalue weighted by atomic mass is 10.2. The maximum atomic E-state index is 12.7. The highest BCUT2D eigenvalue weighted by atomic mass is 16.5. The van der Waals surface area contributed by atoms with Gasteiger partial charge >= 0.3 is 0 Å². The maximum Gasteiger partial charge on any atom is 0.256 e. The van der Waals surface area contributed by atoms with Gasteiger partial charge in [0, 0.05) is 18.2 Å². The minimum Gasteiger partial charge on any atom is -0.491 e. The molecule has 0 aliphatic carbocycles. The molecule has 0 bridgehead atoms. The lowest BCUT2D eigenvalue weighted by Crippen LogP contribution is -2.17. The van der Waals surface area contributed by atoms with Crippen molar-refractivity contribution in [2.24, 2.45) is 0 Å². The quantitative estimate of drug-likeness (QED) is 0.676. The first-order chi connectivity index (χ1) is 13.7. The third-order valence-electron chi connectivity index (χ3n) is 4.62. The molecule has 1 aliphatic heterocycles. The van der Waals surface area contributed by atoms with Crippen LogP contribution >= 0.6 is 0 Å². The van der Waals surface area contributed by atoms with Crippen LogP contribution in [0.5, 0.6) is 5.75 Å². The van der Waals surface area contributed by atoms with Crippen molar-refractivity contribution in [3.8, 4) is 5.75 Å². The van der Waals surface area contributed by atoms with Crippen LogP contribution in [-0.2, 0) is 11.3 Å². The number of benzene rings is 1. The molecule has 2 aromatic heterocycles. The summed E-state index contributed by atoms with van der Waals surface area (Å²) < 4.78 is 18.6. The zero-order valence-electron chi connectivity index (χ0n) is 15.8. The van der Waals surface area contributed by atoms with Gasteiger partial charge in [-0.25, -0.2) is 4.68 Å². The van der Waals surface area contributed by atoms with E-state index in [1.807, 2.05) is 31.2 Å². The van der Waals surface area contributed by atoms with E-state index in [1.165, 1.54) is 0 Å². The number of hydrogen-bond acceptors (Lipinski definition) is 5. The van der Waals surface area contributed by atoms with E-state index in [2.05, 4.69) is 10.4 Å². The molecule has 4 rings (SSSR count). The molecule has 0 spiro atoms. The Morgan fingerprint density at radius 3 is 3.04 bits per heavy atom. The molecule has 146 valence electrons. The SMILES string of the molecule is Cc1ccc(Cn2nccc2NC(=O)c2cccc(OCC3CCCO3)c2)o1. The van der Waals surface area contributed by atoms with E-state index in [1.54, 1.807) is 29.1 Å². The Balaban J connectivity index is 1.40. The molecule has 1 aromatic carbocycles. The standard InChI is InChI=1S/C21H23N3O4/c1-15-7-8-18(28-15)13-24-20(9-10-22-24)23-21(25)16-4-2-5-17(12-16)27-14-19-6-3-11-26-19/h2,4-5,7-10,12,19H,3,6,11,13-14H2,1H3,(H,23,25). The molecule has 1 N–H and O–H groups in total. The maximum absolute atomic E-state index is 12.7. The Morgan fingerprint density at radius 2 is 2.25 bits per heavy atom. The second-order valence-corrected chi connectivity index (χ2v) is 6.81. The smallest absolute Gasteiger partial charge is 0.256 e. The van der Waals surface area contributed by atoms with Gasteiger partial charge in [0.15, 0.2) is 0 Å². The molecule has 1 amide bonds. The van der Waals surface area contributed by atoms with Crippen LogP contribution in [-0.4, -0.2) is 35.0 Å². The van der Waals surface area contributed by atoms with E-state index in [0.29, 0.717) is 30.3 Å². The summed E-state index contributed by atoms with van der Waals surface area (Å²) in [5.74, 6) is 2.65. The van der Waals surface area contributed by atoms with Crippen molar-refractivity contribution in [2.75, 3.05) is 18.5 Å². The summed E-state index contributed by atoms with van der Waals surface area (Å²) in [7, 11) is 0. The van der Waals surface area contributed by atoms with Gasteiger partial charge in [0.05, 0.1) is 12.3 Å². The summed E-state index contributed by atoms with van der Waals surface area (Å²) in [6.07, 6.45) is 3.87. The number of carbonyl (C=O) groups is 1. The normalized spacial score (nSPS) is 16.2. The summed E-state index contributed by atoms with van der Waals surface area (Å²) in [6, 6.07) is 12.7. The molecule has 3 heterocycles. The fourth-order valence-corrected chi connectivity index (χ4v) is 3.16. The van der Waals surface area contributed by atoms with Crippen LogP contribution in [0.2, 0.25) is 0 Å². The van der Waals surface area contributed by atoms with Crippen LogP contribution in [0, 0.1) is 6.92 Å². The van der Waals surface area contributed by atoms with Gasteiger partial charge < -0.3 is 19.2 Å². The monoisotopic (exact) mass is 381 g/mol. The van der Waals surface area contributed by atoms with Crippen LogP contribution in [0.1, 0.15) is 34.7 Å². The van der Waals surface area contributed by atoms with Crippen molar-refractivity contribution in [2.45, 2.75) is 32.4 Å². The van der Waals surface area contributed by atoms with E-state index in [0.717, 1.165) is 31.0 Å². The minimum atomic E-state index is -0.222. The molecule has 0 saturated carbocycles. The van der Waals surface area contributed by atoms with Gasteiger partial charge in [0.2, 0.25) is 0 Å². The number of furan rings is 1. The van der Waals surface area contributed by atoms with Crippen LogP contribution in [0.3, 0.4) is 0 Å². The van der Waals surface area contributed by atoms with Gasteiger partial charge in [-0.05, 0) is 50.1 Å². The Morgan fingerprint density at radius 1 is 1.32 bits per heavy atom. The average Bonchev–Trinajstić information content (AvgIpc) is 3.44. The number of aryl methyl sites for hydroxylation is 1. The lowest BCUT2D eigenvalue weighted by molar-refractivity contribution is 0.0679. The molecule has 28 heavy (non-hydrogen) atoms.